The molecule has 1 amide bonds. The number of hydrogen-bond donors (Lipinski definition) is 2. The standard InChI is InChI=1S/C10H11ClN4OS/c1-6-8(11)4-13-15(6)5-7-2-3-17-9(7)10(16)14-12/h2-4H,5,12H2,1H3,(H,14,16). The summed E-state index contributed by atoms with van der Waals surface area (Å²) in [5.41, 5.74) is 3.88. The molecule has 0 aliphatic rings. The van der Waals surface area contributed by atoms with Gasteiger partial charge in [-0.15, -0.1) is 11.3 Å². The number of carbonyl (C=O) groups excluding carboxylic acids is 1. The molecule has 2 aromatic heterocycles. The minimum absolute atomic E-state index is 0.286. The summed E-state index contributed by atoms with van der Waals surface area (Å²) in [4.78, 5) is 12.1. The summed E-state index contributed by atoms with van der Waals surface area (Å²) in [5.74, 6) is 4.84. The van der Waals surface area contributed by atoms with Gasteiger partial charge in [0, 0.05) is 0 Å². The highest BCUT2D eigenvalue weighted by Gasteiger charge is 2.13. The zero-order chi connectivity index (χ0) is 12.4. The molecule has 0 saturated carbocycles. The quantitative estimate of drug-likeness (QED) is 0.505. The van der Waals surface area contributed by atoms with E-state index in [-0.39, 0.29) is 5.91 Å². The van der Waals surface area contributed by atoms with E-state index in [1.807, 2.05) is 18.4 Å². The Morgan fingerprint density at radius 3 is 3.06 bits per heavy atom. The monoisotopic (exact) mass is 270 g/mol. The number of hydrazine groups is 1. The fourth-order valence-corrected chi connectivity index (χ4v) is 2.43. The molecule has 17 heavy (non-hydrogen) atoms. The van der Waals surface area contributed by atoms with Crippen LogP contribution in [-0.2, 0) is 6.54 Å². The fourth-order valence-electron chi connectivity index (χ4n) is 1.47. The number of aromatic nitrogens is 2. The summed E-state index contributed by atoms with van der Waals surface area (Å²) in [7, 11) is 0. The Labute approximate surface area is 107 Å². The average Bonchev–Trinajstić information content (AvgIpc) is 2.90. The van der Waals surface area contributed by atoms with Crippen molar-refractivity contribution in [2.24, 2.45) is 5.84 Å². The molecule has 7 heteroatoms. The molecular weight excluding hydrogens is 260 g/mol. The summed E-state index contributed by atoms with van der Waals surface area (Å²) < 4.78 is 1.75. The van der Waals surface area contributed by atoms with Crippen molar-refractivity contribution < 1.29 is 4.79 Å². The van der Waals surface area contributed by atoms with Crippen molar-refractivity contribution in [3.8, 4) is 0 Å². The van der Waals surface area contributed by atoms with E-state index < -0.39 is 0 Å². The van der Waals surface area contributed by atoms with Crippen LogP contribution in [-0.4, -0.2) is 15.7 Å². The Kier molecular flexibility index (Phi) is 3.46. The molecule has 0 atom stereocenters. The highest BCUT2D eigenvalue weighted by atomic mass is 35.5. The van der Waals surface area contributed by atoms with Crippen LogP contribution >= 0.6 is 22.9 Å². The van der Waals surface area contributed by atoms with Crippen molar-refractivity contribution in [3.63, 3.8) is 0 Å². The molecular formula is C10H11ClN4OS. The van der Waals surface area contributed by atoms with E-state index in [1.54, 1.807) is 10.9 Å². The van der Waals surface area contributed by atoms with Gasteiger partial charge in [-0.3, -0.25) is 14.9 Å². The number of nitrogens with two attached hydrogens (primary N) is 1. The van der Waals surface area contributed by atoms with Gasteiger partial charge >= 0.3 is 0 Å². The summed E-state index contributed by atoms with van der Waals surface area (Å²) >= 11 is 7.27. The Hall–Kier alpha value is -1.37. The number of nitrogens with zero attached hydrogens (tertiary/aromatic N) is 2. The number of carbonyl (C=O) groups is 1. The van der Waals surface area contributed by atoms with Crippen LogP contribution in [0.2, 0.25) is 5.02 Å². The lowest BCUT2D eigenvalue weighted by Gasteiger charge is -2.05. The van der Waals surface area contributed by atoms with Crippen molar-refractivity contribution in [2.75, 3.05) is 0 Å². The van der Waals surface area contributed by atoms with Crippen LogP contribution in [0.4, 0.5) is 0 Å². The molecule has 0 aromatic carbocycles. The molecule has 0 saturated heterocycles. The fraction of sp³-hybridized carbons (Fsp3) is 0.200. The van der Waals surface area contributed by atoms with Crippen LogP contribution in [0.3, 0.4) is 0 Å². The van der Waals surface area contributed by atoms with E-state index in [2.05, 4.69) is 10.5 Å². The van der Waals surface area contributed by atoms with Crippen LogP contribution in [0.25, 0.3) is 0 Å². The number of thiophene rings is 1. The number of amides is 1. The SMILES string of the molecule is Cc1c(Cl)cnn1Cc1ccsc1C(=O)NN. The lowest BCUT2D eigenvalue weighted by molar-refractivity contribution is 0.0956. The molecule has 0 radical (unpaired) electrons. The third-order valence-corrected chi connectivity index (χ3v) is 3.77. The second-order valence-electron chi connectivity index (χ2n) is 3.48. The first-order valence-electron chi connectivity index (χ1n) is 4.88. The number of hydrogen-bond acceptors (Lipinski definition) is 4. The molecule has 0 unspecified atom stereocenters. The third-order valence-electron chi connectivity index (χ3n) is 2.45. The van der Waals surface area contributed by atoms with Crippen molar-refractivity contribution in [2.45, 2.75) is 13.5 Å². The summed E-state index contributed by atoms with van der Waals surface area (Å²) in [6.07, 6.45) is 1.59. The van der Waals surface area contributed by atoms with E-state index in [0.29, 0.717) is 16.4 Å². The molecule has 3 N–H and O–H groups in total. The Balaban J connectivity index is 2.28. The van der Waals surface area contributed by atoms with Gasteiger partial charge in [0.05, 0.1) is 28.3 Å². The van der Waals surface area contributed by atoms with E-state index in [0.717, 1.165) is 11.3 Å². The summed E-state index contributed by atoms with van der Waals surface area (Å²) in [5, 5.41) is 6.61. The smallest absolute Gasteiger partial charge is 0.275 e. The largest absolute Gasteiger partial charge is 0.289 e. The molecule has 90 valence electrons. The normalized spacial score (nSPS) is 10.5. The maximum absolute atomic E-state index is 11.5. The van der Waals surface area contributed by atoms with E-state index in [9.17, 15) is 4.79 Å². The molecule has 2 heterocycles. The topological polar surface area (TPSA) is 72.9 Å². The minimum atomic E-state index is -0.286. The zero-order valence-corrected chi connectivity index (χ0v) is 10.7. The molecule has 0 bridgehead atoms. The Morgan fingerprint density at radius 1 is 1.71 bits per heavy atom. The molecule has 0 aliphatic heterocycles. The van der Waals surface area contributed by atoms with Crippen LogP contribution in [0, 0.1) is 6.92 Å². The van der Waals surface area contributed by atoms with Gasteiger partial charge in [0.2, 0.25) is 0 Å². The molecule has 0 aliphatic carbocycles. The lowest BCUT2D eigenvalue weighted by Crippen LogP contribution is -2.30. The summed E-state index contributed by atoms with van der Waals surface area (Å²) in [6.45, 7) is 2.38. The van der Waals surface area contributed by atoms with Crippen LogP contribution in [0.1, 0.15) is 20.9 Å². The van der Waals surface area contributed by atoms with E-state index in [4.69, 9.17) is 17.4 Å². The maximum Gasteiger partial charge on any atom is 0.275 e. The summed E-state index contributed by atoms with van der Waals surface area (Å²) in [6, 6.07) is 1.88. The lowest BCUT2D eigenvalue weighted by atomic mass is 10.2. The predicted molar refractivity (Wildman–Crippen MR) is 67.0 cm³/mol. The predicted octanol–water partition coefficient (Wildman–Crippen LogP) is 1.56. The van der Waals surface area contributed by atoms with Crippen molar-refractivity contribution in [1.82, 2.24) is 15.2 Å². The van der Waals surface area contributed by atoms with Crippen LogP contribution in [0.15, 0.2) is 17.6 Å². The first-order valence-corrected chi connectivity index (χ1v) is 6.14. The molecule has 2 aromatic rings. The zero-order valence-electron chi connectivity index (χ0n) is 9.11. The molecule has 0 spiro atoms. The average molecular weight is 271 g/mol. The highest BCUT2D eigenvalue weighted by molar-refractivity contribution is 7.12. The first-order chi connectivity index (χ1) is 8.13. The maximum atomic E-state index is 11.5. The molecule has 5 nitrogen and oxygen atoms in total. The van der Waals surface area contributed by atoms with Crippen molar-refractivity contribution in [3.05, 3.63) is 38.8 Å². The molecule has 2 rings (SSSR count). The van der Waals surface area contributed by atoms with Gasteiger partial charge in [-0.25, -0.2) is 5.84 Å². The van der Waals surface area contributed by atoms with Gasteiger partial charge in [0.15, 0.2) is 0 Å². The van der Waals surface area contributed by atoms with Crippen molar-refractivity contribution >= 4 is 28.8 Å². The van der Waals surface area contributed by atoms with Gasteiger partial charge in [-0.05, 0) is 23.9 Å². The third kappa shape index (κ3) is 2.33. The van der Waals surface area contributed by atoms with Crippen LogP contribution < -0.4 is 11.3 Å². The van der Waals surface area contributed by atoms with Crippen molar-refractivity contribution in [1.29, 1.82) is 0 Å². The van der Waals surface area contributed by atoms with Crippen LogP contribution in [0.5, 0.6) is 0 Å². The van der Waals surface area contributed by atoms with Gasteiger partial charge in [0.1, 0.15) is 0 Å². The van der Waals surface area contributed by atoms with Gasteiger partial charge < -0.3 is 0 Å². The number of rotatable bonds is 3. The van der Waals surface area contributed by atoms with Gasteiger partial charge in [-0.2, -0.15) is 5.10 Å². The first kappa shape index (κ1) is 12.1. The Bertz CT molecular complexity index is 548. The van der Waals surface area contributed by atoms with E-state index in [1.165, 1.54) is 11.3 Å². The van der Waals surface area contributed by atoms with Gasteiger partial charge in [-0.1, -0.05) is 11.6 Å². The minimum Gasteiger partial charge on any atom is -0.289 e. The van der Waals surface area contributed by atoms with Gasteiger partial charge in [0.25, 0.3) is 5.91 Å². The number of halogens is 1. The van der Waals surface area contributed by atoms with E-state index >= 15 is 0 Å². The second-order valence-corrected chi connectivity index (χ2v) is 4.81. The molecule has 0 fully saturated rings. The Morgan fingerprint density at radius 2 is 2.47 bits per heavy atom. The number of nitrogen functional groups attached to an aromatic ring is 1. The number of nitrogens with one attached hydrogen (secondary N) is 1. The highest BCUT2D eigenvalue weighted by Crippen LogP contribution is 2.20. The second kappa shape index (κ2) is 4.87.